The number of carbonyl (C=O) groups is 4. The summed E-state index contributed by atoms with van der Waals surface area (Å²) in [5.41, 5.74) is 9.94. The van der Waals surface area contributed by atoms with Crippen LogP contribution >= 0.6 is 0 Å². The zero-order chi connectivity index (χ0) is 53.8. The second-order valence-electron chi connectivity index (χ2n) is 17.3. The van der Waals surface area contributed by atoms with Gasteiger partial charge in [-0.25, -0.2) is 29.3 Å². The molecule has 0 aliphatic carbocycles. The number of para-hydroxylation sites is 1. The highest BCUT2D eigenvalue weighted by Gasteiger charge is 2.31. The first-order valence-electron chi connectivity index (χ1n) is 23.6. The quantitative estimate of drug-likeness (QED) is 0.116. The molecule has 12 rings (SSSR count). The topological polar surface area (TPSA) is 220 Å². The van der Waals surface area contributed by atoms with Gasteiger partial charge in [0.05, 0.1) is 11.1 Å². The Morgan fingerprint density at radius 1 is 0.494 bits per heavy atom. The SMILES string of the molecule is O=C(O)c1ccc2oc(-c3ccc(N4CCCC4=O)cc3)nc2c1.O=C(O)c1cccc(-c2nc3cc(-c4ccc(OC(F)(F)F)cc4)ccc3o2)c1.O=C(O)c1cccc2nc(-c3ccc(-c4ccccc4)cc3)oc12. The van der Waals surface area contributed by atoms with E-state index < -0.39 is 24.3 Å². The third-order valence-corrected chi connectivity index (χ3v) is 12.2. The summed E-state index contributed by atoms with van der Waals surface area (Å²) in [7, 11) is 0. The van der Waals surface area contributed by atoms with E-state index in [1.807, 2.05) is 78.9 Å². The molecule has 77 heavy (non-hydrogen) atoms. The lowest BCUT2D eigenvalue weighted by Crippen LogP contribution is -2.23. The van der Waals surface area contributed by atoms with Crippen LogP contribution in [0.15, 0.2) is 195 Å². The number of oxazole rings is 3. The zero-order valence-corrected chi connectivity index (χ0v) is 40.0. The fourth-order valence-corrected chi connectivity index (χ4v) is 8.43. The Morgan fingerprint density at radius 3 is 1.65 bits per heavy atom. The normalized spacial score (nSPS) is 12.2. The number of carbonyl (C=O) groups excluding carboxylic acids is 1. The molecule has 0 radical (unpaired) electrons. The maximum absolute atomic E-state index is 12.3. The van der Waals surface area contributed by atoms with Gasteiger partial charge in [0.2, 0.25) is 23.6 Å². The molecule has 0 atom stereocenters. The maximum Gasteiger partial charge on any atom is 0.573 e. The lowest BCUT2D eigenvalue weighted by molar-refractivity contribution is -0.274. The molecule has 1 amide bonds. The summed E-state index contributed by atoms with van der Waals surface area (Å²) in [5, 5.41) is 27.4. The van der Waals surface area contributed by atoms with Gasteiger partial charge in [-0.05, 0) is 138 Å². The van der Waals surface area contributed by atoms with Gasteiger partial charge in [-0.2, -0.15) is 0 Å². The first-order chi connectivity index (χ1) is 37.1. The summed E-state index contributed by atoms with van der Waals surface area (Å²) in [6.07, 6.45) is -3.26. The Bertz CT molecular complexity index is 3980. The number of carboxylic acids is 3. The lowest BCUT2D eigenvalue weighted by atomic mass is 10.0. The van der Waals surface area contributed by atoms with Crippen molar-refractivity contribution in [2.45, 2.75) is 19.2 Å². The van der Waals surface area contributed by atoms with Crippen molar-refractivity contribution in [3.8, 4) is 62.4 Å². The molecule has 0 bridgehead atoms. The molecule has 15 nitrogen and oxygen atoms in total. The first-order valence-corrected chi connectivity index (χ1v) is 23.6. The van der Waals surface area contributed by atoms with Crippen molar-refractivity contribution in [3.05, 3.63) is 199 Å². The minimum atomic E-state index is -4.74. The van der Waals surface area contributed by atoms with E-state index in [1.54, 1.807) is 53.4 Å². The molecule has 0 spiro atoms. The summed E-state index contributed by atoms with van der Waals surface area (Å²) in [4.78, 5) is 60.1. The van der Waals surface area contributed by atoms with E-state index in [2.05, 4.69) is 19.7 Å². The molecule has 1 aliphatic heterocycles. The van der Waals surface area contributed by atoms with Gasteiger partial charge in [-0.15, -0.1) is 13.2 Å². The molecule has 11 aromatic rings. The summed E-state index contributed by atoms with van der Waals surface area (Å²) >= 11 is 0. The van der Waals surface area contributed by atoms with E-state index >= 15 is 0 Å². The number of aromatic carboxylic acids is 3. The Labute approximate surface area is 433 Å². The van der Waals surface area contributed by atoms with Crippen molar-refractivity contribution < 1.29 is 65.7 Å². The molecular weight excluding hydrogens is 998 g/mol. The number of amides is 1. The van der Waals surface area contributed by atoms with E-state index in [-0.39, 0.29) is 34.2 Å². The van der Waals surface area contributed by atoms with Gasteiger partial charge in [-0.3, -0.25) is 4.79 Å². The molecule has 3 N–H and O–H groups in total. The van der Waals surface area contributed by atoms with E-state index in [0.717, 1.165) is 46.5 Å². The fourth-order valence-electron chi connectivity index (χ4n) is 8.43. The van der Waals surface area contributed by atoms with Crippen molar-refractivity contribution in [3.63, 3.8) is 0 Å². The van der Waals surface area contributed by atoms with E-state index in [1.165, 1.54) is 54.6 Å². The first kappa shape index (κ1) is 50.2. The van der Waals surface area contributed by atoms with Crippen LogP contribution in [0.25, 0.3) is 89.9 Å². The van der Waals surface area contributed by atoms with Crippen LogP contribution in [0.1, 0.15) is 43.9 Å². The Hall–Kier alpha value is -10.4. The third-order valence-electron chi connectivity index (χ3n) is 12.2. The molecule has 1 saturated heterocycles. The average molecular weight is 1040 g/mol. The number of anilines is 1. The third kappa shape index (κ3) is 11.4. The van der Waals surface area contributed by atoms with Gasteiger partial charge in [0.25, 0.3) is 0 Å². The van der Waals surface area contributed by atoms with Crippen molar-refractivity contribution in [1.82, 2.24) is 15.0 Å². The number of alkyl halides is 3. The summed E-state index contributed by atoms with van der Waals surface area (Å²) in [6, 6.07) is 51.8. The van der Waals surface area contributed by atoms with Crippen LogP contribution in [0.3, 0.4) is 0 Å². The summed E-state index contributed by atoms with van der Waals surface area (Å²) < 4.78 is 57.8. The largest absolute Gasteiger partial charge is 0.573 e. The molecule has 0 saturated carbocycles. The number of rotatable bonds is 10. The van der Waals surface area contributed by atoms with Crippen LogP contribution < -0.4 is 9.64 Å². The average Bonchev–Trinajstić information content (AvgIpc) is 4.29. The number of benzene rings is 8. The second kappa shape index (κ2) is 21.2. The molecule has 18 heteroatoms. The Morgan fingerprint density at radius 2 is 1.01 bits per heavy atom. The second-order valence-corrected chi connectivity index (χ2v) is 17.3. The van der Waals surface area contributed by atoms with Crippen molar-refractivity contribution in [2.24, 2.45) is 0 Å². The number of halogens is 3. The highest BCUT2D eigenvalue weighted by atomic mass is 19.4. The van der Waals surface area contributed by atoms with Gasteiger partial charge >= 0.3 is 24.3 Å². The predicted molar refractivity (Wildman–Crippen MR) is 278 cm³/mol. The molecule has 0 unspecified atom stereocenters. The lowest BCUT2D eigenvalue weighted by Gasteiger charge is -2.15. The summed E-state index contributed by atoms with van der Waals surface area (Å²) in [5.74, 6) is -2.12. The minimum Gasteiger partial charge on any atom is -0.478 e. The standard InChI is InChI=1S/C21H12F3NO4.C20H13NO3.C18H14N2O4/c22-21(23,24)29-16-7-4-12(5-8-16)13-6-9-18-17(11-13)25-19(28-18)14-2-1-3-15(10-14)20(26)27;22-20(23)16-7-4-8-17-18(16)24-19(21-17)15-11-9-14(10-12-15)13-5-2-1-3-6-13;21-16-2-1-9-20(16)13-6-3-11(4-7-13)17-19-14-10-12(18(22)23)5-8-15(14)24-17/h1-11H,(H,26,27);1-12H,(H,22,23);3-8,10H,1-2,9H2,(H,22,23). The zero-order valence-electron chi connectivity index (χ0n) is 40.0. The number of fused-ring (bicyclic) bond motifs is 3. The number of nitrogens with zero attached hydrogens (tertiary/aromatic N) is 4. The van der Waals surface area contributed by atoms with Crippen LogP contribution in [0.4, 0.5) is 18.9 Å². The Balaban J connectivity index is 0.000000132. The van der Waals surface area contributed by atoms with Gasteiger partial charge in [0, 0.05) is 35.3 Å². The fraction of sp³-hybridized carbons (Fsp3) is 0.0678. The molecule has 4 heterocycles. The molecular formula is C59H39F3N4O11. The number of carboxylic acid groups (broad SMARTS) is 3. The van der Waals surface area contributed by atoms with Gasteiger partial charge < -0.3 is 38.2 Å². The highest BCUT2D eigenvalue weighted by Crippen LogP contribution is 2.33. The van der Waals surface area contributed by atoms with Crippen molar-refractivity contribution in [2.75, 3.05) is 11.4 Å². The van der Waals surface area contributed by atoms with Crippen LogP contribution in [0.5, 0.6) is 5.75 Å². The van der Waals surface area contributed by atoms with Crippen molar-refractivity contribution >= 4 is 62.8 Å². The Kier molecular flexibility index (Phi) is 13.8. The monoisotopic (exact) mass is 1040 g/mol. The van der Waals surface area contributed by atoms with E-state index in [0.29, 0.717) is 62.6 Å². The van der Waals surface area contributed by atoms with Crippen molar-refractivity contribution in [1.29, 1.82) is 0 Å². The van der Waals surface area contributed by atoms with Crippen LogP contribution in [-0.2, 0) is 4.79 Å². The number of hydrogen-bond acceptors (Lipinski definition) is 11. The molecule has 1 aliphatic rings. The maximum atomic E-state index is 12.3. The van der Waals surface area contributed by atoms with Crippen LogP contribution in [-0.4, -0.2) is 67.0 Å². The summed E-state index contributed by atoms with van der Waals surface area (Å²) in [6.45, 7) is 0.749. The van der Waals surface area contributed by atoms with Gasteiger partial charge in [0.1, 0.15) is 27.9 Å². The molecule has 8 aromatic carbocycles. The smallest absolute Gasteiger partial charge is 0.478 e. The van der Waals surface area contributed by atoms with E-state index in [4.69, 9.17) is 23.5 Å². The minimum absolute atomic E-state index is 0.117. The van der Waals surface area contributed by atoms with Crippen LogP contribution in [0.2, 0.25) is 0 Å². The number of hydrogen-bond donors (Lipinski definition) is 3. The number of ether oxygens (including phenoxy) is 1. The highest BCUT2D eigenvalue weighted by molar-refractivity contribution is 6.00. The predicted octanol–water partition coefficient (Wildman–Crippen LogP) is 13.9. The molecule has 3 aromatic heterocycles. The van der Waals surface area contributed by atoms with Gasteiger partial charge in [-0.1, -0.05) is 72.8 Å². The number of aromatic nitrogens is 3. The van der Waals surface area contributed by atoms with Crippen LogP contribution in [0, 0.1) is 0 Å². The molecule has 1 fully saturated rings. The van der Waals surface area contributed by atoms with Gasteiger partial charge in [0.15, 0.2) is 16.7 Å². The van der Waals surface area contributed by atoms with E-state index in [9.17, 15) is 37.5 Å². The molecule has 382 valence electrons.